The van der Waals surface area contributed by atoms with Gasteiger partial charge in [0.1, 0.15) is 5.78 Å². The summed E-state index contributed by atoms with van der Waals surface area (Å²) >= 11 is 3.40. The first-order chi connectivity index (χ1) is 10.5. The monoisotopic (exact) mass is 379 g/mol. The van der Waals surface area contributed by atoms with Crippen LogP contribution in [0.1, 0.15) is 30.7 Å². The van der Waals surface area contributed by atoms with Crippen molar-refractivity contribution in [3.05, 3.63) is 44.9 Å². The first-order valence-corrected chi connectivity index (χ1v) is 9.73. The van der Waals surface area contributed by atoms with Crippen molar-refractivity contribution in [2.24, 2.45) is 10.9 Å². The SMILES string of the molecule is O=C1CCC2=NC3=C(C(c4ccc(Br)cc4)C12)S(=O)(=O)CC3. The van der Waals surface area contributed by atoms with Crippen molar-refractivity contribution >= 4 is 37.3 Å². The first-order valence-electron chi connectivity index (χ1n) is 7.29. The van der Waals surface area contributed by atoms with E-state index < -0.39 is 21.7 Å². The highest BCUT2D eigenvalue weighted by molar-refractivity contribution is 9.10. The number of allylic oxidation sites excluding steroid dienone is 2. The van der Waals surface area contributed by atoms with E-state index >= 15 is 0 Å². The summed E-state index contributed by atoms with van der Waals surface area (Å²) < 4.78 is 25.9. The fourth-order valence-electron chi connectivity index (χ4n) is 3.72. The Morgan fingerprint density at radius 1 is 1.05 bits per heavy atom. The van der Waals surface area contributed by atoms with Crippen LogP contribution in [0.5, 0.6) is 0 Å². The molecule has 2 atom stereocenters. The third-order valence-electron chi connectivity index (χ3n) is 4.68. The number of ketones is 1. The van der Waals surface area contributed by atoms with Gasteiger partial charge in [-0.25, -0.2) is 8.42 Å². The molecule has 2 unspecified atom stereocenters. The van der Waals surface area contributed by atoms with E-state index in [0.717, 1.165) is 15.7 Å². The Balaban J connectivity index is 1.93. The van der Waals surface area contributed by atoms with Gasteiger partial charge in [0, 0.05) is 28.9 Å². The molecule has 1 fully saturated rings. The molecule has 0 amide bonds. The van der Waals surface area contributed by atoms with Crippen molar-refractivity contribution in [3.63, 3.8) is 0 Å². The summed E-state index contributed by atoms with van der Waals surface area (Å²) in [7, 11) is -3.31. The zero-order chi connectivity index (χ0) is 15.5. The van der Waals surface area contributed by atoms with Gasteiger partial charge in [0.15, 0.2) is 9.84 Å². The molecule has 2 aliphatic heterocycles. The van der Waals surface area contributed by atoms with Gasteiger partial charge in [0.25, 0.3) is 0 Å². The van der Waals surface area contributed by atoms with Crippen LogP contribution < -0.4 is 0 Å². The lowest BCUT2D eigenvalue weighted by Crippen LogP contribution is -2.29. The zero-order valence-corrected chi connectivity index (χ0v) is 14.2. The van der Waals surface area contributed by atoms with E-state index in [1.54, 1.807) is 0 Å². The lowest BCUT2D eigenvalue weighted by Gasteiger charge is -2.28. The van der Waals surface area contributed by atoms with Crippen LogP contribution in [0.3, 0.4) is 0 Å². The van der Waals surface area contributed by atoms with Crippen molar-refractivity contribution in [1.29, 1.82) is 0 Å². The number of benzene rings is 1. The topological polar surface area (TPSA) is 63.6 Å². The maximum Gasteiger partial charge on any atom is 0.177 e. The first kappa shape index (κ1) is 14.3. The second kappa shape index (κ2) is 4.86. The molecule has 0 radical (unpaired) electrons. The molecule has 0 N–H and O–H groups in total. The Bertz CT molecular complexity index is 837. The Hall–Kier alpha value is -1.27. The normalized spacial score (nSPS) is 29.3. The van der Waals surface area contributed by atoms with E-state index in [4.69, 9.17) is 0 Å². The summed E-state index contributed by atoms with van der Waals surface area (Å²) in [6.07, 6.45) is 1.60. The van der Waals surface area contributed by atoms with Gasteiger partial charge in [0.2, 0.25) is 0 Å². The van der Waals surface area contributed by atoms with Crippen LogP contribution in [0.25, 0.3) is 0 Å². The van der Waals surface area contributed by atoms with Crippen LogP contribution in [0.2, 0.25) is 0 Å². The van der Waals surface area contributed by atoms with Gasteiger partial charge >= 0.3 is 0 Å². The quantitative estimate of drug-likeness (QED) is 0.753. The third-order valence-corrected chi connectivity index (χ3v) is 7.11. The zero-order valence-electron chi connectivity index (χ0n) is 11.8. The van der Waals surface area contributed by atoms with E-state index in [2.05, 4.69) is 20.9 Å². The Morgan fingerprint density at radius 2 is 1.77 bits per heavy atom. The number of fused-ring (bicyclic) bond motifs is 1. The number of hydrogen-bond donors (Lipinski definition) is 0. The van der Waals surface area contributed by atoms with Crippen molar-refractivity contribution in [2.75, 3.05) is 5.75 Å². The molecular weight excluding hydrogens is 366 g/mol. The van der Waals surface area contributed by atoms with Gasteiger partial charge in [-0.15, -0.1) is 0 Å². The lowest BCUT2D eigenvalue weighted by atomic mass is 9.81. The second-order valence-corrected chi connectivity index (χ2v) is 8.95. The third kappa shape index (κ3) is 2.04. The Morgan fingerprint density at radius 3 is 2.50 bits per heavy atom. The maximum atomic E-state index is 12.5. The van der Waals surface area contributed by atoms with Gasteiger partial charge < -0.3 is 0 Å². The van der Waals surface area contributed by atoms with E-state index in [-0.39, 0.29) is 11.5 Å². The minimum atomic E-state index is -3.31. The highest BCUT2D eigenvalue weighted by Gasteiger charge is 2.48. The van der Waals surface area contributed by atoms with Crippen LogP contribution >= 0.6 is 15.9 Å². The molecule has 4 nitrogen and oxygen atoms in total. The highest BCUT2D eigenvalue weighted by Crippen LogP contribution is 2.48. The summed E-state index contributed by atoms with van der Waals surface area (Å²) in [6, 6.07) is 7.59. The molecule has 0 aromatic heterocycles. The van der Waals surface area contributed by atoms with Crippen molar-refractivity contribution in [3.8, 4) is 0 Å². The predicted octanol–water partition coefficient (Wildman–Crippen LogP) is 3.00. The predicted molar refractivity (Wildman–Crippen MR) is 87.5 cm³/mol. The molecule has 22 heavy (non-hydrogen) atoms. The Kier molecular flexibility index (Phi) is 3.17. The van der Waals surface area contributed by atoms with Gasteiger partial charge in [-0.2, -0.15) is 0 Å². The second-order valence-electron chi connectivity index (χ2n) is 5.96. The van der Waals surface area contributed by atoms with E-state index in [0.29, 0.717) is 29.9 Å². The fraction of sp³-hybridized carbons (Fsp3) is 0.375. The number of sulfone groups is 1. The molecule has 4 rings (SSSR count). The summed E-state index contributed by atoms with van der Waals surface area (Å²) in [5, 5.41) is 0. The fourth-order valence-corrected chi connectivity index (χ4v) is 5.83. The van der Waals surface area contributed by atoms with E-state index in [9.17, 15) is 13.2 Å². The number of nitrogens with zero attached hydrogens (tertiary/aromatic N) is 1. The molecule has 0 spiro atoms. The number of rotatable bonds is 1. The van der Waals surface area contributed by atoms with Crippen molar-refractivity contribution in [2.45, 2.75) is 25.2 Å². The lowest BCUT2D eigenvalue weighted by molar-refractivity contribution is -0.120. The van der Waals surface area contributed by atoms with Crippen molar-refractivity contribution in [1.82, 2.24) is 0 Å². The minimum absolute atomic E-state index is 0.111. The largest absolute Gasteiger partial charge is 0.299 e. The maximum absolute atomic E-state index is 12.5. The van der Waals surface area contributed by atoms with Crippen LogP contribution in [-0.4, -0.2) is 25.7 Å². The average molecular weight is 380 g/mol. The van der Waals surface area contributed by atoms with E-state index in [1.165, 1.54) is 0 Å². The van der Waals surface area contributed by atoms with Crippen LogP contribution in [0.4, 0.5) is 0 Å². The molecular formula is C16H14BrNO3S. The van der Waals surface area contributed by atoms with Crippen LogP contribution in [0, 0.1) is 5.92 Å². The molecule has 0 bridgehead atoms. The number of carbonyl (C=O) groups excluding carboxylic acids is 1. The minimum Gasteiger partial charge on any atom is -0.299 e. The number of aliphatic imine (C=N–C) groups is 1. The molecule has 3 aliphatic rings. The number of halogens is 1. The molecule has 114 valence electrons. The standard InChI is InChI=1S/C16H14BrNO3S/c17-10-3-1-9(2-4-10)14-15-11(5-6-13(15)19)18-12-7-8-22(20,21)16(12)14/h1-4,14-15H,5-8H2. The van der Waals surface area contributed by atoms with Gasteiger partial charge in [0.05, 0.1) is 22.3 Å². The summed E-state index contributed by atoms with van der Waals surface area (Å²) in [5.41, 5.74) is 2.43. The Labute approximate surface area is 137 Å². The van der Waals surface area contributed by atoms with Gasteiger partial charge in [-0.05, 0) is 24.1 Å². The number of hydrogen-bond acceptors (Lipinski definition) is 4. The van der Waals surface area contributed by atoms with Crippen molar-refractivity contribution < 1.29 is 13.2 Å². The van der Waals surface area contributed by atoms with E-state index in [1.807, 2.05) is 24.3 Å². The van der Waals surface area contributed by atoms with Gasteiger partial charge in [-0.3, -0.25) is 9.79 Å². The molecule has 1 aliphatic carbocycles. The molecule has 1 saturated carbocycles. The number of Topliss-reactive ketones (excluding diaryl/α,β-unsaturated/α-hetero) is 1. The smallest absolute Gasteiger partial charge is 0.177 e. The van der Waals surface area contributed by atoms with Crippen LogP contribution in [-0.2, 0) is 14.6 Å². The summed E-state index contributed by atoms with van der Waals surface area (Å²) in [4.78, 5) is 17.3. The number of carbonyl (C=O) groups is 1. The molecule has 6 heteroatoms. The van der Waals surface area contributed by atoms with Gasteiger partial charge in [-0.1, -0.05) is 28.1 Å². The molecule has 2 heterocycles. The highest BCUT2D eigenvalue weighted by atomic mass is 79.9. The molecule has 0 saturated heterocycles. The molecule has 1 aromatic rings. The summed E-state index contributed by atoms with van der Waals surface area (Å²) in [6.45, 7) is 0. The van der Waals surface area contributed by atoms with Crippen LogP contribution in [0.15, 0.2) is 44.3 Å². The average Bonchev–Trinajstić information content (AvgIpc) is 3.00. The summed E-state index contributed by atoms with van der Waals surface area (Å²) in [5.74, 6) is -0.561. The molecule has 1 aromatic carbocycles.